The smallest absolute Gasteiger partial charge is 0.410 e. The van der Waals surface area contributed by atoms with Crippen LogP contribution in [0.3, 0.4) is 0 Å². The van der Waals surface area contributed by atoms with Crippen molar-refractivity contribution in [3.63, 3.8) is 0 Å². The van der Waals surface area contributed by atoms with E-state index in [1.807, 2.05) is 20.8 Å². The molecule has 2 heterocycles. The molecule has 0 unspecified atom stereocenters. The molecule has 0 atom stereocenters. The Balaban J connectivity index is 1.79. The molecule has 0 radical (unpaired) electrons. The van der Waals surface area contributed by atoms with Crippen LogP contribution in [-0.2, 0) is 4.74 Å². The molecule has 0 aromatic carbocycles. The molecule has 6 nitrogen and oxygen atoms in total. The number of carbonyl (C=O) groups excluding carboxylic acids is 1. The lowest BCUT2D eigenvalue weighted by Crippen LogP contribution is -2.42. The van der Waals surface area contributed by atoms with Crippen molar-refractivity contribution in [3.8, 4) is 5.88 Å². The second-order valence-corrected chi connectivity index (χ2v) is 6.85. The van der Waals surface area contributed by atoms with E-state index in [0.29, 0.717) is 19.7 Å². The second kappa shape index (κ2) is 7.29. The Morgan fingerprint density at radius 1 is 1.43 bits per heavy atom. The van der Waals surface area contributed by atoms with Gasteiger partial charge in [-0.3, -0.25) is 0 Å². The van der Waals surface area contributed by atoms with E-state index in [2.05, 4.69) is 9.97 Å². The maximum absolute atomic E-state index is 13.5. The van der Waals surface area contributed by atoms with Crippen molar-refractivity contribution >= 4 is 17.7 Å². The summed E-state index contributed by atoms with van der Waals surface area (Å²) in [6.07, 6.45) is 2.21. The number of piperidine rings is 1. The molecule has 0 N–H and O–H groups in total. The summed E-state index contributed by atoms with van der Waals surface area (Å²) >= 11 is 5.62. The number of rotatable bonds is 3. The minimum atomic E-state index is -0.638. The Morgan fingerprint density at radius 3 is 2.70 bits per heavy atom. The van der Waals surface area contributed by atoms with Crippen LogP contribution in [0.5, 0.6) is 5.88 Å². The number of ether oxygens (including phenoxy) is 2. The second-order valence-electron chi connectivity index (χ2n) is 6.51. The number of nitrogens with zero attached hydrogens (tertiary/aromatic N) is 3. The van der Waals surface area contributed by atoms with Crippen LogP contribution in [0.1, 0.15) is 33.6 Å². The van der Waals surface area contributed by atoms with Gasteiger partial charge in [-0.1, -0.05) is 0 Å². The van der Waals surface area contributed by atoms with Crippen molar-refractivity contribution in [3.05, 3.63) is 17.3 Å². The third-order valence-corrected chi connectivity index (χ3v) is 3.59. The fourth-order valence-corrected chi connectivity index (χ4v) is 2.36. The molecule has 1 aliphatic heterocycles. The van der Waals surface area contributed by atoms with E-state index in [-0.39, 0.29) is 23.2 Å². The fraction of sp³-hybridized carbons (Fsp3) is 0.667. The lowest BCUT2D eigenvalue weighted by Gasteiger charge is -2.33. The minimum absolute atomic E-state index is 0.0545. The first-order valence-electron chi connectivity index (χ1n) is 7.53. The molecule has 0 bridgehead atoms. The van der Waals surface area contributed by atoms with Gasteiger partial charge in [-0.2, -0.15) is 9.37 Å². The number of hydrogen-bond donors (Lipinski definition) is 0. The zero-order valence-corrected chi connectivity index (χ0v) is 14.3. The summed E-state index contributed by atoms with van der Waals surface area (Å²) in [5.74, 6) is -0.554. The summed E-state index contributed by atoms with van der Waals surface area (Å²) in [5.41, 5.74) is -0.499. The molecule has 1 saturated heterocycles. The van der Waals surface area contributed by atoms with E-state index < -0.39 is 11.4 Å². The predicted molar refractivity (Wildman–Crippen MR) is 83.0 cm³/mol. The molecule has 0 saturated carbocycles. The maximum atomic E-state index is 13.5. The summed E-state index contributed by atoms with van der Waals surface area (Å²) in [6.45, 7) is 7.03. The maximum Gasteiger partial charge on any atom is 0.410 e. The Bertz CT molecular complexity index is 557. The van der Waals surface area contributed by atoms with Gasteiger partial charge in [0, 0.05) is 13.1 Å². The summed E-state index contributed by atoms with van der Waals surface area (Å²) < 4.78 is 24.2. The van der Waals surface area contributed by atoms with Gasteiger partial charge in [0.2, 0.25) is 11.1 Å². The van der Waals surface area contributed by atoms with Crippen LogP contribution in [0, 0.1) is 11.7 Å². The standard InChI is InChI=1S/C15H21ClFN3O3/c1-15(2,3)23-14(21)20-6-4-10(5-7-20)9-22-12-11(17)8-18-13(16)19-12/h8,10H,4-7,9H2,1-3H3. The van der Waals surface area contributed by atoms with Crippen LogP contribution in [0.2, 0.25) is 5.28 Å². The lowest BCUT2D eigenvalue weighted by atomic mass is 9.98. The van der Waals surface area contributed by atoms with Gasteiger partial charge in [-0.15, -0.1) is 0 Å². The van der Waals surface area contributed by atoms with Gasteiger partial charge in [0.25, 0.3) is 5.88 Å². The van der Waals surface area contributed by atoms with Gasteiger partial charge in [0.15, 0.2) is 0 Å². The van der Waals surface area contributed by atoms with E-state index in [9.17, 15) is 9.18 Å². The summed E-state index contributed by atoms with van der Waals surface area (Å²) in [7, 11) is 0. The topological polar surface area (TPSA) is 64.5 Å². The molecule has 1 amide bonds. The van der Waals surface area contributed by atoms with Crippen molar-refractivity contribution in [1.29, 1.82) is 0 Å². The molecule has 2 rings (SSSR count). The molecule has 0 spiro atoms. The van der Waals surface area contributed by atoms with E-state index >= 15 is 0 Å². The first kappa shape index (κ1) is 17.7. The van der Waals surface area contributed by atoms with Gasteiger partial charge >= 0.3 is 6.09 Å². The monoisotopic (exact) mass is 345 g/mol. The molecule has 0 aliphatic carbocycles. The number of amides is 1. The molecule has 1 aromatic heterocycles. The third-order valence-electron chi connectivity index (χ3n) is 3.40. The molecule has 128 valence electrons. The summed E-state index contributed by atoms with van der Waals surface area (Å²) in [4.78, 5) is 20.9. The average Bonchev–Trinajstić information content (AvgIpc) is 2.47. The highest BCUT2D eigenvalue weighted by Crippen LogP contribution is 2.22. The fourth-order valence-electron chi connectivity index (χ4n) is 2.24. The van der Waals surface area contributed by atoms with Gasteiger partial charge in [0.1, 0.15) is 5.60 Å². The lowest BCUT2D eigenvalue weighted by molar-refractivity contribution is 0.0163. The average molecular weight is 346 g/mol. The minimum Gasteiger partial charge on any atom is -0.475 e. The van der Waals surface area contributed by atoms with Crippen molar-refractivity contribution < 1.29 is 18.7 Å². The highest BCUT2D eigenvalue weighted by Gasteiger charge is 2.27. The highest BCUT2D eigenvalue weighted by molar-refractivity contribution is 6.28. The van der Waals surface area contributed by atoms with E-state index in [1.165, 1.54) is 0 Å². The Morgan fingerprint density at radius 2 is 2.09 bits per heavy atom. The first-order chi connectivity index (χ1) is 10.7. The van der Waals surface area contributed by atoms with Crippen LogP contribution < -0.4 is 4.74 Å². The Labute approximate surface area is 139 Å². The number of aromatic nitrogens is 2. The third kappa shape index (κ3) is 5.49. The van der Waals surface area contributed by atoms with Gasteiger partial charge in [-0.25, -0.2) is 9.78 Å². The number of likely N-dealkylation sites (tertiary alicyclic amines) is 1. The zero-order valence-electron chi connectivity index (χ0n) is 13.5. The van der Waals surface area contributed by atoms with Gasteiger partial charge in [-0.05, 0) is 51.1 Å². The van der Waals surface area contributed by atoms with Crippen molar-refractivity contribution in [2.75, 3.05) is 19.7 Å². The van der Waals surface area contributed by atoms with E-state index in [1.54, 1.807) is 4.90 Å². The molecule has 23 heavy (non-hydrogen) atoms. The number of halogens is 2. The SMILES string of the molecule is CC(C)(C)OC(=O)N1CCC(COc2nc(Cl)ncc2F)CC1. The molecule has 8 heteroatoms. The normalized spacial score (nSPS) is 16.3. The molecular formula is C15H21ClFN3O3. The van der Waals surface area contributed by atoms with E-state index in [4.69, 9.17) is 21.1 Å². The van der Waals surface area contributed by atoms with Crippen LogP contribution in [0.25, 0.3) is 0 Å². The molecular weight excluding hydrogens is 325 g/mol. The molecule has 1 aromatic rings. The molecule has 1 fully saturated rings. The largest absolute Gasteiger partial charge is 0.475 e. The number of hydrogen-bond acceptors (Lipinski definition) is 5. The Hall–Kier alpha value is -1.63. The zero-order chi connectivity index (χ0) is 17.0. The summed E-state index contributed by atoms with van der Waals surface area (Å²) in [5, 5.41) is -0.0545. The van der Waals surface area contributed by atoms with Crippen molar-refractivity contribution in [2.45, 2.75) is 39.2 Å². The van der Waals surface area contributed by atoms with Gasteiger partial charge < -0.3 is 14.4 Å². The van der Waals surface area contributed by atoms with E-state index in [0.717, 1.165) is 19.0 Å². The predicted octanol–water partition coefficient (Wildman–Crippen LogP) is 3.30. The summed E-state index contributed by atoms with van der Waals surface area (Å²) in [6, 6.07) is 0. The van der Waals surface area contributed by atoms with Crippen molar-refractivity contribution in [1.82, 2.24) is 14.9 Å². The van der Waals surface area contributed by atoms with Crippen LogP contribution >= 0.6 is 11.6 Å². The van der Waals surface area contributed by atoms with Crippen LogP contribution in [0.15, 0.2) is 6.20 Å². The highest BCUT2D eigenvalue weighted by atomic mass is 35.5. The first-order valence-corrected chi connectivity index (χ1v) is 7.91. The quantitative estimate of drug-likeness (QED) is 0.786. The van der Waals surface area contributed by atoms with Crippen LogP contribution in [0.4, 0.5) is 9.18 Å². The Kier molecular flexibility index (Phi) is 5.62. The van der Waals surface area contributed by atoms with Crippen LogP contribution in [-0.4, -0.2) is 46.3 Å². The van der Waals surface area contributed by atoms with Crippen molar-refractivity contribution in [2.24, 2.45) is 5.92 Å². The number of carbonyl (C=O) groups is 1. The van der Waals surface area contributed by atoms with Gasteiger partial charge in [0.05, 0.1) is 12.8 Å². The molecule has 1 aliphatic rings.